The molecule has 4 nitrogen and oxygen atoms in total. The average molecular weight is 308 g/mol. The van der Waals surface area contributed by atoms with Crippen molar-refractivity contribution in [2.24, 2.45) is 0 Å². The zero-order valence-electron chi connectivity index (χ0n) is 13.3. The Morgan fingerprint density at radius 1 is 1.00 bits per heavy atom. The number of amides is 2. The smallest absolute Gasteiger partial charge is 0.256 e. The van der Waals surface area contributed by atoms with Crippen molar-refractivity contribution in [1.29, 1.82) is 0 Å². The summed E-state index contributed by atoms with van der Waals surface area (Å²) in [4.78, 5) is 26.0. The van der Waals surface area contributed by atoms with E-state index in [1.165, 1.54) is 10.5 Å². The molecule has 1 saturated heterocycles. The van der Waals surface area contributed by atoms with E-state index >= 15 is 0 Å². The maximum Gasteiger partial charge on any atom is 0.256 e. The molecule has 2 aromatic rings. The summed E-state index contributed by atoms with van der Waals surface area (Å²) in [5.74, 6) is 0.0962. The molecule has 0 radical (unpaired) electrons. The summed E-state index contributed by atoms with van der Waals surface area (Å²) < 4.78 is 0. The molecule has 3 rings (SSSR count). The average Bonchev–Trinajstić information content (AvgIpc) is 2.82. The summed E-state index contributed by atoms with van der Waals surface area (Å²) in [6, 6.07) is 16.5. The SMILES string of the molecule is CC(C)c1ccc(N[C@H]2CC(=O)N(c3ccccc3)C2=O)cc1. The molecule has 0 aliphatic carbocycles. The molecule has 2 amide bonds. The monoisotopic (exact) mass is 308 g/mol. The van der Waals surface area contributed by atoms with Gasteiger partial charge >= 0.3 is 0 Å². The number of benzene rings is 2. The number of hydrogen-bond donors (Lipinski definition) is 1. The molecule has 1 fully saturated rings. The van der Waals surface area contributed by atoms with Crippen LogP contribution in [0.2, 0.25) is 0 Å². The van der Waals surface area contributed by atoms with Gasteiger partial charge in [0.1, 0.15) is 6.04 Å². The van der Waals surface area contributed by atoms with E-state index in [-0.39, 0.29) is 18.2 Å². The first-order valence-electron chi connectivity index (χ1n) is 7.84. The highest BCUT2D eigenvalue weighted by atomic mass is 16.2. The first kappa shape index (κ1) is 15.3. The van der Waals surface area contributed by atoms with Gasteiger partial charge in [0.25, 0.3) is 5.91 Å². The highest BCUT2D eigenvalue weighted by Crippen LogP contribution is 2.25. The van der Waals surface area contributed by atoms with Crippen LogP contribution in [0.3, 0.4) is 0 Å². The van der Waals surface area contributed by atoms with Crippen molar-refractivity contribution >= 4 is 23.2 Å². The number of rotatable bonds is 4. The topological polar surface area (TPSA) is 49.4 Å². The summed E-state index contributed by atoms with van der Waals surface area (Å²) in [6.45, 7) is 4.28. The molecule has 1 atom stereocenters. The Hall–Kier alpha value is -2.62. The molecule has 0 spiro atoms. The lowest BCUT2D eigenvalue weighted by atomic mass is 10.0. The summed E-state index contributed by atoms with van der Waals surface area (Å²) in [6.07, 6.45) is 0.180. The van der Waals surface area contributed by atoms with Crippen LogP contribution in [-0.4, -0.2) is 17.9 Å². The third kappa shape index (κ3) is 3.11. The van der Waals surface area contributed by atoms with Crippen molar-refractivity contribution in [1.82, 2.24) is 0 Å². The predicted molar refractivity (Wildman–Crippen MR) is 91.5 cm³/mol. The van der Waals surface area contributed by atoms with Crippen LogP contribution < -0.4 is 10.2 Å². The van der Waals surface area contributed by atoms with Crippen LogP contribution in [0.4, 0.5) is 11.4 Å². The van der Waals surface area contributed by atoms with E-state index in [1.54, 1.807) is 12.1 Å². The number of carbonyl (C=O) groups is 2. The van der Waals surface area contributed by atoms with Crippen LogP contribution in [0.1, 0.15) is 31.7 Å². The molecule has 0 unspecified atom stereocenters. The molecule has 0 saturated carbocycles. The van der Waals surface area contributed by atoms with Gasteiger partial charge in [0.05, 0.1) is 12.1 Å². The lowest BCUT2D eigenvalue weighted by Crippen LogP contribution is -2.34. The van der Waals surface area contributed by atoms with Crippen molar-refractivity contribution < 1.29 is 9.59 Å². The molecular weight excluding hydrogens is 288 g/mol. The largest absolute Gasteiger partial charge is 0.373 e. The third-order valence-electron chi connectivity index (χ3n) is 4.08. The Bertz CT molecular complexity index is 708. The van der Waals surface area contributed by atoms with Gasteiger partial charge in [0.15, 0.2) is 0 Å². The van der Waals surface area contributed by atoms with Gasteiger partial charge in [0, 0.05) is 5.69 Å². The minimum absolute atomic E-state index is 0.169. The number of nitrogens with one attached hydrogen (secondary N) is 1. The molecule has 1 aliphatic rings. The zero-order chi connectivity index (χ0) is 16.4. The summed E-state index contributed by atoms with van der Waals surface area (Å²) in [5.41, 5.74) is 2.73. The van der Waals surface area contributed by atoms with Crippen molar-refractivity contribution in [3.05, 3.63) is 60.2 Å². The maximum absolute atomic E-state index is 12.5. The maximum atomic E-state index is 12.5. The Labute approximate surface area is 136 Å². The van der Waals surface area contributed by atoms with E-state index in [0.29, 0.717) is 11.6 Å². The molecule has 23 heavy (non-hydrogen) atoms. The molecule has 118 valence electrons. The molecule has 4 heteroatoms. The van der Waals surface area contributed by atoms with Crippen molar-refractivity contribution in [2.75, 3.05) is 10.2 Å². The van der Waals surface area contributed by atoms with E-state index in [1.807, 2.05) is 42.5 Å². The Morgan fingerprint density at radius 2 is 1.65 bits per heavy atom. The molecule has 1 heterocycles. The fourth-order valence-electron chi connectivity index (χ4n) is 2.76. The highest BCUT2D eigenvalue weighted by Gasteiger charge is 2.39. The van der Waals surface area contributed by atoms with Gasteiger partial charge in [-0.3, -0.25) is 9.59 Å². The summed E-state index contributed by atoms with van der Waals surface area (Å²) >= 11 is 0. The summed E-state index contributed by atoms with van der Waals surface area (Å²) in [7, 11) is 0. The molecule has 1 aliphatic heterocycles. The molecule has 1 N–H and O–H groups in total. The number of carbonyl (C=O) groups excluding carboxylic acids is 2. The van der Waals surface area contributed by atoms with Crippen LogP contribution in [-0.2, 0) is 9.59 Å². The zero-order valence-corrected chi connectivity index (χ0v) is 13.3. The third-order valence-corrected chi connectivity index (χ3v) is 4.08. The minimum Gasteiger partial charge on any atom is -0.373 e. The van der Waals surface area contributed by atoms with Crippen LogP contribution in [0.5, 0.6) is 0 Å². The first-order valence-corrected chi connectivity index (χ1v) is 7.84. The Kier molecular flexibility index (Phi) is 4.15. The second kappa shape index (κ2) is 6.24. The van der Waals surface area contributed by atoms with E-state index in [4.69, 9.17) is 0 Å². The molecule has 0 bridgehead atoms. The highest BCUT2D eigenvalue weighted by molar-refractivity contribution is 6.23. The van der Waals surface area contributed by atoms with Crippen molar-refractivity contribution in [3.63, 3.8) is 0 Å². The lowest BCUT2D eigenvalue weighted by Gasteiger charge is -2.16. The van der Waals surface area contributed by atoms with E-state index in [9.17, 15) is 9.59 Å². The van der Waals surface area contributed by atoms with Gasteiger partial charge in [-0.2, -0.15) is 0 Å². The fourth-order valence-corrected chi connectivity index (χ4v) is 2.76. The van der Waals surface area contributed by atoms with Crippen LogP contribution in [0, 0.1) is 0 Å². The predicted octanol–water partition coefficient (Wildman–Crippen LogP) is 3.55. The van der Waals surface area contributed by atoms with E-state index in [2.05, 4.69) is 19.2 Å². The quantitative estimate of drug-likeness (QED) is 0.879. The van der Waals surface area contributed by atoms with E-state index < -0.39 is 6.04 Å². The minimum atomic E-state index is -0.507. The van der Waals surface area contributed by atoms with Crippen LogP contribution in [0.15, 0.2) is 54.6 Å². The van der Waals surface area contributed by atoms with Crippen molar-refractivity contribution in [2.45, 2.75) is 32.2 Å². The first-order chi connectivity index (χ1) is 11.1. The second-order valence-electron chi connectivity index (χ2n) is 6.08. The number of para-hydroxylation sites is 1. The van der Waals surface area contributed by atoms with Crippen LogP contribution >= 0.6 is 0 Å². The van der Waals surface area contributed by atoms with Gasteiger partial charge in [-0.05, 0) is 35.7 Å². The van der Waals surface area contributed by atoms with Crippen molar-refractivity contribution in [3.8, 4) is 0 Å². The number of hydrogen-bond acceptors (Lipinski definition) is 3. The molecule has 0 aromatic heterocycles. The van der Waals surface area contributed by atoms with Crippen LogP contribution in [0.25, 0.3) is 0 Å². The van der Waals surface area contributed by atoms with Gasteiger partial charge in [-0.25, -0.2) is 4.90 Å². The number of anilines is 2. The molecule has 2 aromatic carbocycles. The second-order valence-corrected chi connectivity index (χ2v) is 6.08. The van der Waals surface area contributed by atoms with Gasteiger partial charge in [0.2, 0.25) is 5.91 Å². The van der Waals surface area contributed by atoms with E-state index in [0.717, 1.165) is 5.69 Å². The number of nitrogens with zero attached hydrogens (tertiary/aromatic N) is 1. The lowest BCUT2D eigenvalue weighted by molar-refractivity contribution is -0.121. The standard InChI is InChI=1S/C19H20N2O2/c1-13(2)14-8-10-15(11-9-14)20-17-12-18(22)21(19(17)23)16-6-4-3-5-7-16/h3-11,13,17,20H,12H2,1-2H3/t17-/m0/s1. The van der Waals surface area contributed by atoms with Gasteiger partial charge in [-0.15, -0.1) is 0 Å². The molecular formula is C19H20N2O2. The van der Waals surface area contributed by atoms with Gasteiger partial charge in [-0.1, -0.05) is 44.2 Å². The van der Waals surface area contributed by atoms with Gasteiger partial charge < -0.3 is 5.32 Å². The normalized spacial score (nSPS) is 17.9. The fraction of sp³-hybridized carbons (Fsp3) is 0.263. The Morgan fingerprint density at radius 3 is 2.26 bits per heavy atom. The Balaban J connectivity index is 1.75. The summed E-state index contributed by atoms with van der Waals surface area (Å²) in [5, 5.41) is 3.17. The number of imide groups is 1.